The number of pyridine rings is 1. The van der Waals surface area contributed by atoms with Gasteiger partial charge in [0.1, 0.15) is 11.6 Å². The lowest BCUT2D eigenvalue weighted by Gasteiger charge is -2.04. The summed E-state index contributed by atoms with van der Waals surface area (Å²) in [7, 11) is 0. The van der Waals surface area contributed by atoms with Crippen LogP contribution in [0, 0.1) is 0 Å². The molecule has 2 aromatic rings. The van der Waals surface area contributed by atoms with E-state index in [0.29, 0.717) is 12.8 Å². The minimum absolute atomic E-state index is 0.178. The Morgan fingerprint density at radius 3 is 2.71 bits per heavy atom. The zero-order valence-electron chi connectivity index (χ0n) is 9.84. The van der Waals surface area contributed by atoms with E-state index in [1.807, 2.05) is 29.8 Å². The Morgan fingerprint density at radius 1 is 1.24 bits per heavy atom. The minimum Gasteiger partial charge on any atom is -0.335 e. The normalized spacial score (nSPS) is 10.4. The number of carbonyl (C=O) groups is 1. The summed E-state index contributed by atoms with van der Waals surface area (Å²) in [6.45, 7) is 2.89. The molecule has 0 saturated heterocycles. The van der Waals surface area contributed by atoms with Crippen LogP contribution in [0.15, 0.2) is 36.9 Å². The third-order valence-corrected chi connectivity index (χ3v) is 2.65. The van der Waals surface area contributed by atoms with Crippen LogP contribution < -0.4 is 0 Å². The van der Waals surface area contributed by atoms with Crippen molar-refractivity contribution in [2.75, 3.05) is 0 Å². The molecule has 4 nitrogen and oxygen atoms in total. The van der Waals surface area contributed by atoms with Crippen LogP contribution in [0.5, 0.6) is 0 Å². The van der Waals surface area contributed by atoms with Crippen molar-refractivity contribution in [3.05, 3.63) is 48.3 Å². The number of hydrogen-bond acceptors (Lipinski definition) is 3. The fourth-order valence-electron chi connectivity index (χ4n) is 1.76. The zero-order chi connectivity index (χ0) is 12.1. The van der Waals surface area contributed by atoms with E-state index in [1.54, 1.807) is 18.6 Å². The third-order valence-electron chi connectivity index (χ3n) is 2.65. The molecule has 0 aliphatic carbocycles. The summed E-state index contributed by atoms with van der Waals surface area (Å²) >= 11 is 0. The van der Waals surface area contributed by atoms with Gasteiger partial charge in [0, 0.05) is 37.8 Å². The van der Waals surface area contributed by atoms with Crippen LogP contribution in [0.1, 0.15) is 18.3 Å². The average Bonchev–Trinajstić information content (AvgIpc) is 2.77. The number of carbonyl (C=O) groups excluding carboxylic acids is 1. The summed E-state index contributed by atoms with van der Waals surface area (Å²) in [5.74, 6) is 1.02. The van der Waals surface area contributed by atoms with E-state index in [-0.39, 0.29) is 5.78 Å². The molecule has 0 fully saturated rings. The number of Topliss-reactive ketones (excluding diaryl/α,β-unsaturated/α-hetero) is 1. The van der Waals surface area contributed by atoms with Crippen molar-refractivity contribution >= 4 is 5.78 Å². The second-order valence-electron chi connectivity index (χ2n) is 3.88. The fraction of sp³-hybridized carbons (Fsp3) is 0.308. The molecule has 0 atom stereocenters. The van der Waals surface area contributed by atoms with Gasteiger partial charge in [-0.05, 0) is 24.6 Å². The summed E-state index contributed by atoms with van der Waals surface area (Å²) in [5, 5.41) is 0. The van der Waals surface area contributed by atoms with Gasteiger partial charge < -0.3 is 4.57 Å². The summed E-state index contributed by atoms with van der Waals surface area (Å²) in [6.07, 6.45) is 7.88. The third kappa shape index (κ3) is 3.00. The van der Waals surface area contributed by atoms with E-state index in [2.05, 4.69) is 9.97 Å². The molecule has 2 rings (SSSR count). The molecule has 88 valence electrons. The molecular weight excluding hydrogens is 214 g/mol. The van der Waals surface area contributed by atoms with Gasteiger partial charge in [-0.2, -0.15) is 0 Å². The summed E-state index contributed by atoms with van der Waals surface area (Å²) in [5.41, 5.74) is 1.000. The van der Waals surface area contributed by atoms with Gasteiger partial charge in [-0.25, -0.2) is 4.98 Å². The molecule has 0 aromatic carbocycles. The molecule has 0 spiro atoms. The SMILES string of the molecule is CCn1ccnc1CC(=O)Cc1ccncc1. The van der Waals surface area contributed by atoms with E-state index in [0.717, 1.165) is 17.9 Å². The van der Waals surface area contributed by atoms with E-state index in [1.165, 1.54) is 0 Å². The molecule has 2 heterocycles. The molecule has 0 aliphatic rings. The second kappa shape index (κ2) is 5.39. The first-order valence-corrected chi connectivity index (χ1v) is 5.70. The average molecular weight is 229 g/mol. The molecule has 0 N–H and O–H groups in total. The van der Waals surface area contributed by atoms with Crippen molar-refractivity contribution in [3.8, 4) is 0 Å². The number of rotatable bonds is 5. The Hall–Kier alpha value is -1.97. The minimum atomic E-state index is 0.178. The zero-order valence-corrected chi connectivity index (χ0v) is 9.84. The highest BCUT2D eigenvalue weighted by molar-refractivity contribution is 5.82. The largest absolute Gasteiger partial charge is 0.335 e. The lowest BCUT2D eigenvalue weighted by molar-refractivity contribution is -0.117. The highest BCUT2D eigenvalue weighted by atomic mass is 16.1. The van der Waals surface area contributed by atoms with E-state index < -0.39 is 0 Å². The first-order chi connectivity index (χ1) is 8.29. The molecule has 17 heavy (non-hydrogen) atoms. The lowest BCUT2D eigenvalue weighted by Crippen LogP contribution is -2.11. The van der Waals surface area contributed by atoms with Crippen LogP contribution in [0.3, 0.4) is 0 Å². The summed E-state index contributed by atoms with van der Waals surface area (Å²) in [6, 6.07) is 3.73. The Morgan fingerprint density at radius 2 is 2.00 bits per heavy atom. The van der Waals surface area contributed by atoms with Gasteiger partial charge in [0.15, 0.2) is 0 Å². The number of hydrogen-bond donors (Lipinski definition) is 0. The summed E-state index contributed by atoms with van der Waals surface area (Å²) < 4.78 is 1.99. The number of imidazole rings is 1. The van der Waals surface area contributed by atoms with Gasteiger partial charge in [0.05, 0.1) is 6.42 Å². The van der Waals surface area contributed by atoms with Crippen LogP contribution in [-0.2, 0) is 24.2 Å². The van der Waals surface area contributed by atoms with E-state index in [9.17, 15) is 4.79 Å². The van der Waals surface area contributed by atoms with Crippen molar-refractivity contribution < 1.29 is 4.79 Å². The highest BCUT2D eigenvalue weighted by Gasteiger charge is 2.09. The fourth-order valence-corrected chi connectivity index (χ4v) is 1.76. The van der Waals surface area contributed by atoms with Crippen LogP contribution in [0.4, 0.5) is 0 Å². The van der Waals surface area contributed by atoms with Crippen LogP contribution in [0.25, 0.3) is 0 Å². The molecule has 0 radical (unpaired) electrons. The van der Waals surface area contributed by atoms with Crippen molar-refractivity contribution in [1.29, 1.82) is 0 Å². The standard InChI is InChI=1S/C13H15N3O/c1-2-16-8-7-15-13(16)10-12(17)9-11-3-5-14-6-4-11/h3-8H,2,9-10H2,1H3. The summed E-state index contributed by atoms with van der Waals surface area (Å²) in [4.78, 5) is 20.0. The van der Waals surface area contributed by atoms with Gasteiger partial charge in [0.2, 0.25) is 0 Å². The highest BCUT2D eigenvalue weighted by Crippen LogP contribution is 2.04. The molecule has 0 amide bonds. The monoisotopic (exact) mass is 229 g/mol. The molecule has 0 saturated carbocycles. The van der Waals surface area contributed by atoms with Crippen LogP contribution in [-0.4, -0.2) is 20.3 Å². The Balaban J connectivity index is 1.98. The van der Waals surface area contributed by atoms with E-state index >= 15 is 0 Å². The van der Waals surface area contributed by atoms with Crippen LogP contribution >= 0.6 is 0 Å². The maximum atomic E-state index is 11.9. The van der Waals surface area contributed by atoms with Crippen LogP contribution in [0.2, 0.25) is 0 Å². The number of nitrogens with zero attached hydrogens (tertiary/aromatic N) is 3. The van der Waals surface area contributed by atoms with Crippen molar-refractivity contribution in [1.82, 2.24) is 14.5 Å². The molecule has 0 aliphatic heterocycles. The van der Waals surface area contributed by atoms with Crippen molar-refractivity contribution in [2.24, 2.45) is 0 Å². The molecule has 0 bridgehead atoms. The van der Waals surface area contributed by atoms with Gasteiger partial charge in [0.25, 0.3) is 0 Å². The number of aryl methyl sites for hydroxylation is 1. The van der Waals surface area contributed by atoms with Crippen molar-refractivity contribution in [2.45, 2.75) is 26.3 Å². The molecule has 4 heteroatoms. The molecule has 2 aromatic heterocycles. The first-order valence-electron chi connectivity index (χ1n) is 5.70. The predicted octanol–water partition coefficient (Wildman–Crippen LogP) is 1.65. The predicted molar refractivity (Wildman–Crippen MR) is 64.6 cm³/mol. The van der Waals surface area contributed by atoms with Gasteiger partial charge in [-0.1, -0.05) is 0 Å². The Bertz CT molecular complexity index is 490. The van der Waals surface area contributed by atoms with Gasteiger partial charge >= 0.3 is 0 Å². The Kier molecular flexibility index (Phi) is 3.65. The maximum absolute atomic E-state index is 11.9. The Labute approximate surface area is 100 Å². The maximum Gasteiger partial charge on any atom is 0.144 e. The molecule has 0 unspecified atom stereocenters. The van der Waals surface area contributed by atoms with Crippen molar-refractivity contribution in [3.63, 3.8) is 0 Å². The van der Waals surface area contributed by atoms with E-state index in [4.69, 9.17) is 0 Å². The molecular formula is C13H15N3O. The number of ketones is 1. The van der Waals surface area contributed by atoms with Gasteiger partial charge in [-0.3, -0.25) is 9.78 Å². The smallest absolute Gasteiger partial charge is 0.144 e. The first kappa shape index (κ1) is 11.5. The lowest BCUT2D eigenvalue weighted by atomic mass is 10.1. The quantitative estimate of drug-likeness (QED) is 0.783. The van der Waals surface area contributed by atoms with Gasteiger partial charge in [-0.15, -0.1) is 0 Å². The topological polar surface area (TPSA) is 47.8 Å². The number of aromatic nitrogens is 3. The second-order valence-corrected chi connectivity index (χ2v) is 3.88.